The van der Waals surface area contributed by atoms with E-state index in [2.05, 4.69) is 39.8 Å². The fourth-order valence-corrected chi connectivity index (χ4v) is 4.31. The van der Waals surface area contributed by atoms with E-state index in [1.165, 1.54) is 27.2 Å². The van der Waals surface area contributed by atoms with E-state index in [0.29, 0.717) is 23.9 Å². The average molecular weight is 412 g/mol. The van der Waals surface area contributed by atoms with Gasteiger partial charge in [-0.1, -0.05) is 54.2 Å². The summed E-state index contributed by atoms with van der Waals surface area (Å²) in [6.07, 6.45) is 2.75. The lowest BCUT2D eigenvalue weighted by molar-refractivity contribution is -0.120. The molecule has 0 saturated carbocycles. The Morgan fingerprint density at radius 2 is 2.14 bits per heavy atom. The van der Waals surface area contributed by atoms with Gasteiger partial charge in [-0.3, -0.25) is 4.79 Å². The minimum atomic E-state index is -0.326. The zero-order chi connectivity index (χ0) is 20.2. The van der Waals surface area contributed by atoms with Crippen molar-refractivity contribution in [1.29, 1.82) is 0 Å². The molecule has 1 fully saturated rings. The third kappa shape index (κ3) is 4.54. The van der Waals surface area contributed by atoms with Crippen LogP contribution in [-0.2, 0) is 16.0 Å². The van der Waals surface area contributed by atoms with E-state index in [0.717, 1.165) is 25.0 Å². The minimum absolute atomic E-state index is 0.0518. The van der Waals surface area contributed by atoms with E-state index in [-0.39, 0.29) is 17.3 Å². The molecule has 3 N–H and O–H groups in total. The molecule has 8 heteroatoms. The van der Waals surface area contributed by atoms with Crippen LogP contribution in [0.5, 0.6) is 0 Å². The van der Waals surface area contributed by atoms with E-state index < -0.39 is 0 Å². The van der Waals surface area contributed by atoms with E-state index in [1.54, 1.807) is 0 Å². The monoisotopic (exact) mass is 411 g/mol. The van der Waals surface area contributed by atoms with Crippen molar-refractivity contribution in [3.05, 3.63) is 53.9 Å². The van der Waals surface area contributed by atoms with Crippen LogP contribution >= 0.6 is 11.8 Å². The molecule has 3 aromatic rings. The normalized spacial score (nSPS) is 17.5. The predicted molar refractivity (Wildman–Crippen MR) is 114 cm³/mol. The molecule has 0 bridgehead atoms. The molecule has 1 amide bonds. The summed E-state index contributed by atoms with van der Waals surface area (Å²) >= 11 is 1.31. The van der Waals surface area contributed by atoms with Gasteiger partial charge >= 0.3 is 0 Å². The molecular formula is C21H25N5O2S. The van der Waals surface area contributed by atoms with Gasteiger partial charge in [-0.15, -0.1) is 10.2 Å². The van der Waals surface area contributed by atoms with Gasteiger partial charge in [-0.25, -0.2) is 4.68 Å². The first-order valence-electron chi connectivity index (χ1n) is 9.84. The Bertz CT molecular complexity index is 994. The second kappa shape index (κ2) is 8.84. The fourth-order valence-electron chi connectivity index (χ4n) is 3.50. The highest BCUT2D eigenvalue weighted by Gasteiger charge is 2.22. The SMILES string of the molecule is C[C@H](Sc1nnc(Cc2cccc3ccccc23)n1N)C(=O)NC[C@@H]1CCCO1. The molecule has 29 heavy (non-hydrogen) atoms. The van der Waals surface area contributed by atoms with Crippen LogP contribution in [0.1, 0.15) is 31.2 Å². The van der Waals surface area contributed by atoms with Gasteiger partial charge in [0.2, 0.25) is 11.1 Å². The molecule has 7 nitrogen and oxygen atoms in total. The number of fused-ring (bicyclic) bond motifs is 1. The lowest BCUT2D eigenvalue weighted by Crippen LogP contribution is -2.36. The molecule has 4 rings (SSSR count). The molecule has 2 atom stereocenters. The number of hydrogen-bond donors (Lipinski definition) is 2. The Labute approximate surface area is 174 Å². The Balaban J connectivity index is 1.40. The van der Waals surface area contributed by atoms with Crippen LogP contribution in [-0.4, -0.2) is 45.3 Å². The van der Waals surface area contributed by atoms with Crippen LogP contribution in [0.3, 0.4) is 0 Å². The maximum atomic E-state index is 12.4. The number of rotatable bonds is 7. The lowest BCUT2D eigenvalue weighted by atomic mass is 10.0. The number of aromatic nitrogens is 3. The van der Waals surface area contributed by atoms with Crippen molar-refractivity contribution in [2.24, 2.45) is 0 Å². The molecule has 152 valence electrons. The van der Waals surface area contributed by atoms with Crippen LogP contribution in [0.15, 0.2) is 47.6 Å². The number of nitrogens with two attached hydrogens (primary N) is 1. The molecule has 1 aliphatic heterocycles. The summed E-state index contributed by atoms with van der Waals surface area (Å²) in [6, 6.07) is 14.4. The summed E-state index contributed by atoms with van der Waals surface area (Å²) in [5, 5.41) is 14.0. The average Bonchev–Trinajstić information content (AvgIpc) is 3.38. The standard InChI is InChI=1S/C21H25N5O2S/c1-14(20(27)23-13-17-9-5-11-28-17)29-21-25-24-19(26(21)22)12-16-8-4-7-15-6-2-3-10-18(15)16/h2-4,6-8,10,14,17H,5,9,11-13,22H2,1H3,(H,23,27)/t14-,17-/m0/s1. The van der Waals surface area contributed by atoms with Crippen molar-refractivity contribution in [1.82, 2.24) is 20.2 Å². The minimum Gasteiger partial charge on any atom is -0.376 e. The molecule has 2 heterocycles. The first kappa shape index (κ1) is 19.7. The molecule has 1 aliphatic rings. The van der Waals surface area contributed by atoms with E-state index in [1.807, 2.05) is 25.1 Å². The van der Waals surface area contributed by atoms with Crippen molar-refractivity contribution < 1.29 is 9.53 Å². The van der Waals surface area contributed by atoms with Gasteiger partial charge in [0.05, 0.1) is 11.4 Å². The van der Waals surface area contributed by atoms with Crippen LogP contribution in [0.2, 0.25) is 0 Å². The van der Waals surface area contributed by atoms with Crippen molar-refractivity contribution >= 4 is 28.4 Å². The second-order valence-corrected chi connectivity index (χ2v) is 8.53. The van der Waals surface area contributed by atoms with E-state index in [4.69, 9.17) is 10.6 Å². The number of amides is 1. The van der Waals surface area contributed by atoms with Gasteiger partial charge in [-0.05, 0) is 36.1 Å². The topological polar surface area (TPSA) is 95.1 Å². The predicted octanol–water partition coefficient (Wildman–Crippen LogP) is 2.51. The van der Waals surface area contributed by atoms with Crippen molar-refractivity contribution in [2.45, 2.75) is 42.7 Å². The molecule has 2 aromatic carbocycles. The number of benzene rings is 2. The number of carbonyl (C=O) groups excluding carboxylic acids is 1. The van der Waals surface area contributed by atoms with Gasteiger partial charge < -0.3 is 15.9 Å². The number of hydrogen-bond acceptors (Lipinski definition) is 6. The molecule has 0 aliphatic carbocycles. The molecule has 1 saturated heterocycles. The Morgan fingerprint density at radius 1 is 1.31 bits per heavy atom. The van der Waals surface area contributed by atoms with Crippen LogP contribution < -0.4 is 11.2 Å². The smallest absolute Gasteiger partial charge is 0.233 e. The molecular weight excluding hydrogens is 386 g/mol. The summed E-state index contributed by atoms with van der Waals surface area (Å²) in [4.78, 5) is 12.4. The Morgan fingerprint density at radius 3 is 2.97 bits per heavy atom. The number of nitrogens with zero attached hydrogens (tertiary/aromatic N) is 3. The highest BCUT2D eigenvalue weighted by atomic mass is 32.2. The quantitative estimate of drug-likeness (QED) is 0.458. The first-order valence-corrected chi connectivity index (χ1v) is 10.7. The van der Waals surface area contributed by atoms with Crippen molar-refractivity contribution in [3.63, 3.8) is 0 Å². The zero-order valence-electron chi connectivity index (χ0n) is 16.4. The molecule has 0 spiro atoms. The summed E-state index contributed by atoms with van der Waals surface area (Å²) < 4.78 is 7.03. The summed E-state index contributed by atoms with van der Waals surface area (Å²) in [5.74, 6) is 6.85. The zero-order valence-corrected chi connectivity index (χ0v) is 17.2. The number of nitrogens with one attached hydrogen (secondary N) is 1. The molecule has 0 unspecified atom stereocenters. The first-order chi connectivity index (χ1) is 14.1. The Hall–Kier alpha value is -2.58. The second-order valence-electron chi connectivity index (χ2n) is 7.22. The number of ether oxygens (including phenoxy) is 1. The van der Waals surface area contributed by atoms with Gasteiger partial charge in [-0.2, -0.15) is 0 Å². The van der Waals surface area contributed by atoms with Crippen LogP contribution in [0.4, 0.5) is 0 Å². The maximum absolute atomic E-state index is 12.4. The number of nitrogen functional groups attached to an aromatic ring is 1. The van der Waals surface area contributed by atoms with Gasteiger partial charge in [0.25, 0.3) is 0 Å². The summed E-state index contributed by atoms with van der Waals surface area (Å²) in [5.41, 5.74) is 1.14. The van der Waals surface area contributed by atoms with Gasteiger partial charge in [0.1, 0.15) is 0 Å². The lowest BCUT2D eigenvalue weighted by Gasteiger charge is -2.14. The molecule has 0 radical (unpaired) electrons. The van der Waals surface area contributed by atoms with Crippen molar-refractivity contribution in [2.75, 3.05) is 19.0 Å². The van der Waals surface area contributed by atoms with Crippen LogP contribution in [0, 0.1) is 0 Å². The molecule has 1 aromatic heterocycles. The van der Waals surface area contributed by atoms with E-state index in [9.17, 15) is 4.79 Å². The van der Waals surface area contributed by atoms with Gasteiger partial charge in [0, 0.05) is 19.6 Å². The van der Waals surface area contributed by atoms with Gasteiger partial charge in [0.15, 0.2) is 5.82 Å². The Kier molecular flexibility index (Phi) is 6.01. The fraction of sp³-hybridized carbons (Fsp3) is 0.381. The third-order valence-corrected chi connectivity index (χ3v) is 6.20. The maximum Gasteiger partial charge on any atom is 0.233 e. The summed E-state index contributed by atoms with van der Waals surface area (Å²) in [7, 11) is 0. The summed E-state index contributed by atoms with van der Waals surface area (Å²) in [6.45, 7) is 3.17. The van der Waals surface area contributed by atoms with Crippen LogP contribution in [0.25, 0.3) is 10.8 Å². The van der Waals surface area contributed by atoms with Crippen molar-refractivity contribution in [3.8, 4) is 0 Å². The third-order valence-electron chi connectivity index (χ3n) is 5.14. The number of thioether (sulfide) groups is 1. The highest BCUT2D eigenvalue weighted by Crippen LogP contribution is 2.24. The largest absolute Gasteiger partial charge is 0.376 e. The highest BCUT2D eigenvalue weighted by molar-refractivity contribution is 8.00. The number of carbonyl (C=O) groups is 1. The van der Waals surface area contributed by atoms with E-state index >= 15 is 0 Å².